The Kier molecular flexibility index (Phi) is 4.59. The van der Waals surface area contributed by atoms with Crippen molar-refractivity contribution in [2.45, 2.75) is 33.1 Å². The van der Waals surface area contributed by atoms with Crippen LogP contribution in [0.3, 0.4) is 0 Å². The first-order chi connectivity index (χ1) is 7.02. The summed E-state index contributed by atoms with van der Waals surface area (Å²) >= 11 is 3.57. The van der Waals surface area contributed by atoms with Crippen LogP contribution in [0.15, 0.2) is 35.3 Å². The molecule has 0 fully saturated rings. The lowest BCUT2D eigenvalue weighted by molar-refractivity contribution is 0.646. The molecule has 1 aromatic rings. The van der Waals surface area contributed by atoms with E-state index in [0.717, 1.165) is 6.42 Å². The molecule has 0 aromatic heterocycles. The molecule has 1 unspecified atom stereocenters. The molecule has 0 heterocycles. The van der Waals surface area contributed by atoms with Gasteiger partial charge in [-0.2, -0.15) is 0 Å². The van der Waals surface area contributed by atoms with E-state index in [1.165, 1.54) is 15.6 Å². The van der Waals surface area contributed by atoms with Crippen molar-refractivity contribution < 1.29 is 0 Å². The summed E-state index contributed by atoms with van der Waals surface area (Å²) < 4.78 is 1.17. The highest BCUT2D eigenvalue weighted by Gasteiger charge is 2.05. The molecule has 0 radical (unpaired) electrons. The fraction of sp³-hybridized carbons (Fsp3) is 0.429. The number of halogens is 1. The molecule has 0 spiro atoms. The van der Waals surface area contributed by atoms with Crippen LogP contribution in [-0.2, 0) is 6.42 Å². The zero-order valence-corrected chi connectivity index (χ0v) is 11.3. The Bertz CT molecular complexity index is 339. The van der Waals surface area contributed by atoms with E-state index < -0.39 is 0 Å². The van der Waals surface area contributed by atoms with E-state index in [0.29, 0.717) is 11.8 Å². The zero-order chi connectivity index (χ0) is 11.4. The van der Waals surface area contributed by atoms with Crippen molar-refractivity contribution >= 4 is 15.9 Å². The minimum Gasteiger partial charge on any atom is -0.102 e. The van der Waals surface area contributed by atoms with Gasteiger partial charge >= 0.3 is 0 Å². The molecule has 0 N–H and O–H groups in total. The predicted octanol–water partition coefficient (Wildman–Crippen LogP) is 4.94. The van der Waals surface area contributed by atoms with Crippen LogP contribution in [0.4, 0.5) is 0 Å². The Morgan fingerprint density at radius 2 is 1.93 bits per heavy atom. The first-order valence-corrected chi connectivity index (χ1v) is 6.24. The Labute approximate surface area is 102 Å². The summed E-state index contributed by atoms with van der Waals surface area (Å²) in [6.45, 7) is 10.5. The van der Waals surface area contributed by atoms with Crippen LogP contribution >= 0.6 is 15.9 Å². The van der Waals surface area contributed by atoms with Gasteiger partial charge in [0.05, 0.1) is 0 Å². The third-order valence-electron chi connectivity index (χ3n) is 2.50. The van der Waals surface area contributed by atoms with E-state index in [4.69, 9.17) is 0 Å². The van der Waals surface area contributed by atoms with Crippen LogP contribution in [-0.4, -0.2) is 0 Å². The van der Waals surface area contributed by atoms with E-state index in [-0.39, 0.29) is 0 Å². The Balaban J connectivity index is 2.99. The summed E-state index contributed by atoms with van der Waals surface area (Å²) in [6, 6.07) is 6.67. The lowest BCUT2D eigenvalue weighted by Crippen LogP contribution is -1.97. The van der Waals surface area contributed by atoms with E-state index >= 15 is 0 Å². The average Bonchev–Trinajstić information content (AvgIpc) is 2.14. The number of benzene rings is 1. The Morgan fingerprint density at radius 1 is 1.27 bits per heavy atom. The largest absolute Gasteiger partial charge is 0.102 e. The zero-order valence-electron chi connectivity index (χ0n) is 9.76. The van der Waals surface area contributed by atoms with Crippen molar-refractivity contribution in [3.05, 3.63) is 46.5 Å². The summed E-state index contributed by atoms with van der Waals surface area (Å²) in [5, 5.41) is 0. The summed E-state index contributed by atoms with van der Waals surface area (Å²) in [6.07, 6.45) is 3.12. The summed E-state index contributed by atoms with van der Waals surface area (Å²) in [4.78, 5) is 0. The van der Waals surface area contributed by atoms with Gasteiger partial charge < -0.3 is 0 Å². The molecule has 0 saturated carbocycles. The van der Waals surface area contributed by atoms with Gasteiger partial charge in [-0.3, -0.25) is 0 Å². The van der Waals surface area contributed by atoms with Crippen LogP contribution in [0.25, 0.3) is 0 Å². The van der Waals surface area contributed by atoms with Crippen molar-refractivity contribution in [1.29, 1.82) is 0 Å². The van der Waals surface area contributed by atoms with Gasteiger partial charge in [0.15, 0.2) is 0 Å². The Morgan fingerprint density at radius 3 is 2.47 bits per heavy atom. The maximum absolute atomic E-state index is 3.84. The Hall–Kier alpha value is -0.560. The highest BCUT2D eigenvalue weighted by Crippen LogP contribution is 2.24. The maximum atomic E-state index is 3.84. The smallest absolute Gasteiger partial charge is 0.0180 e. The molecule has 1 rings (SSSR count). The monoisotopic (exact) mass is 266 g/mol. The topological polar surface area (TPSA) is 0 Å². The number of allylic oxidation sites excluding steroid dienone is 1. The lowest BCUT2D eigenvalue weighted by Gasteiger charge is -2.11. The highest BCUT2D eigenvalue weighted by molar-refractivity contribution is 9.10. The highest BCUT2D eigenvalue weighted by atomic mass is 79.9. The summed E-state index contributed by atoms with van der Waals surface area (Å²) in [5.41, 5.74) is 2.75. The third kappa shape index (κ3) is 3.83. The van der Waals surface area contributed by atoms with Gasteiger partial charge in [-0.1, -0.05) is 48.8 Å². The molecular formula is C14H19Br. The third-order valence-corrected chi connectivity index (χ3v) is 2.96. The average molecular weight is 267 g/mol. The van der Waals surface area contributed by atoms with E-state index in [1.54, 1.807) is 0 Å². The van der Waals surface area contributed by atoms with E-state index in [9.17, 15) is 0 Å². The fourth-order valence-corrected chi connectivity index (χ4v) is 2.22. The second-order valence-electron chi connectivity index (χ2n) is 4.52. The molecule has 1 aromatic carbocycles. The molecule has 1 heteroatoms. The maximum Gasteiger partial charge on any atom is 0.0180 e. The fourth-order valence-electron chi connectivity index (χ4n) is 1.66. The quantitative estimate of drug-likeness (QED) is 0.678. The first-order valence-electron chi connectivity index (χ1n) is 5.45. The molecule has 0 amide bonds. The van der Waals surface area contributed by atoms with Crippen molar-refractivity contribution in [3.63, 3.8) is 0 Å². The van der Waals surface area contributed by atoms with Crippen molar-refractivity contribution in [2.24, 2.45) is 5.92 Å². The molecule has 0 aliphatic carbocycles. The molecule has 0 aliphatic heterocycles. The second-order valence-corrected chi connectivity index (χ2v) is 5.43. The molecule has 1 atom stereocenters. The molecule has 0 aliphatic rings. The van der Waals surface area contributed by atoms with Crippen molar-refractivity contribution in [3.8, 4) is 0 Å². The van der Waals surface area contributed by atoms with E-state index in [2.05, 4.69) is 61.5 Å². The molecule has 82 valence electrons. The van der Waals surface area contributed by atoms with Crippen LogP contribution in [0.5, 0.6) is 0 Å². The minimum atomic E-state index is 0.424. The van der Waals surface area contributed by atoms with Gasteiger partial charge in [0, 0.05) is 4.47 Å². The SMILES string of the molecule is C=CC(C)c1cc(Br)cc(CC(C)C)c1. The lowest BCUT2D eigenvalue weighted by atomic mass is 9.96. The van der Waals surface area contributed by atoms with Crippen LogP contribution in [0.1, 0.15) is 37.8 Å². The summed E-state index contributed by atoms with van der Waals surface area (Å²) in [7, 11) is 0. The van der Waals surface area contributed by atoms with Crippen LogP contribution in [0.2, 0.25) is 0 Å². The summed E-state index contributed by atoms with van der Waals surface area (Å²) in [5.74, 6) is 1.12. The molecular weight excluding hydrogens is 248 g/mol. The molecule has 0 bridgehead atoms. The number of hydrogen-bond acceptors (Lipinski definition) is 0. The van der Waals surface area contributed by atoms with Crippen LogP contribution in [0, 0.1) is 5.92 Å². The standard InChI is InChI=1S/C14H19Br/c1-5-11(4)13-7-12(6-10(2)3)8-14(15)9-13/h5,7-11H,1,6H2,2-4H3. The van der Waals surface area contributed by atoms with Crippen LogP contribution < -0.4 is 0 Å². The normalized spacial score (nSPS) is 12.9. The number of hydrogen-bond donors (Lipinski definition) is 0. The van der Waals surface area contributed by atoms with Crippen molar-refractivity contribution in [1.82, 2.24) is 0 Å². The van der Waals surface area contributed by atoms with Gasteiger partial charge in [0.1, 0.15) is 0 Å². The minimum absolute atomic E-state index is 0.424. The number of rotatable bonds is 4. The molecule has 15 heavy (non-hydrogen) atoms. The van der Waals surface area contributed by atoms with Gasteiger partial charge in [-0.25, -0.2) is 0 Å². The molecule has 0 saturated heterocycles. The van der Waals surface area contributed by atoms with Gasteiger partial charge in [0.2, 0.25) is 0 Å². The van der Waals surface area contributed by atoms with Crippen molar-refractivity contribution in [2.75, 3.05) is 0 Å². The first kappa shape index (κ1) is 12.5. The van der Waals surface area contributed by atoms with E-state index in [1.807, 2.05) is 6.08 Å². The predicted molar refractivity (Wildman–Crippen MR) is 71.3 cm³/mol. The molecule has 0 nitrogen and oxygen atoms in total. The van der Waals surface area contributed by atoms with Gasteiger partial charge in [0.25, 0.3) is 0 Å². The second kappa shape index (κ2) is 5.50. The van der Waals surface area contributed by atoms with Gasteiger partial charge in [-0.05, 0) is 41.5 Å². The van der Waals surface area contributed by atoms with Gasteiger partial charge in [-0.15, -0.1) is 6.58 Å².